The molecule has 0 unspecified atom stereocenters. The summed E-state index contributed by atoms with van der Waals surface area (Å²) in [6, 6.07) is 7.74. The molecular weight excluding hydrogens is 334 g/mol. The highest BCUT2D eigenvalue weighted by Crippen LogP contribution is 2.19. The van der Waals surface area contributed by atoms with Crippen LogP contribution in [-0.4, -0.2) is 36.5 Å². The van der Waals surface area contributed by atoms with E-state index in [9.17, 15) is 9.59 Å². The van der Waals surface area contributed by atoms with E-state index in [2.05, 4.69) is 15.9 Å². The molecule has 0 aromatic heterocycles. The summed E-state index contributed by atoms with van der Waals surface area (Å²) in [5.41, 5.74) is 0.987. The van der Waals surface area contributed by atoms with Crippen LogP contribution in [-0.2, 0) is 20.7 Å². The summed E-state index contributed by atoms with van der Waals surface area (Å²) in [5, 5.41) is 0. The number of benzene rings is 1. The first-order valence-corrected chi connectivity index (χ1v) is 8.08. The fraction of sp³-hybridized carbons (Fsp3) is 0.500. The molecular formula is C16H20BrNO3. The van der Waals surface area contributed by atoms with Crippen LogP contribution in [0, 0.1) is 5.92 Å². The Hall–Kier alpha value is -1.36. The van der Waals surface area contributed by atoms with E-state index >= 15 is 0 Å². The highest BCUT2D eigenvalue weighted by molar-refractivity contribution is 9.10. The van der Waals surface area contributed by atoms with Crippen molar-refractivity contribution in [1.29, 1.82) is 0 Å². The number of halogens is 1. The average Bonchev–Trinajstić information content (AvgIpc) is 2.50. The lowest BCUT2D eigenvalue weighted by Crippen LogP contribution is -2.43. The monoisotopic (exact) mass is 353 g/mol. The number of nitrogens with zero attached hydrogens (tertiary/aromatic N) is 1. The maximum atomic E-state index is 12.3. The van der Waals surface area contributed by atoms with Crippen molar-refractivity contribution in [3.8, 4) is 0 Å². The van der Waals surface area contributed by atoms with Crippen LogP contribution in [0.5, 0.6) is 0 Å². The molecule has 2 rings (SSSR count). The van der Waals surface area contributed by atoms with E-state index in [1.807, 2.05) is 24.3 Å². The van der Waals surface area contributed by atoms with Gasteiger partial charge in [-0.2, -0.15) is 0 Å². The van der Waals surface area contributed by atoms with E-state index in [1.165, 1.54) is 0 Å². The Bertz CT molecular complexity index is 501. The second-order valence-electron chi connectivity index (χ2n) is 5.23. The number of ether oxygens (including phenoxy) is 1. The van der Waals surface area contributed by atoms with Crippen LogP contribution in [0.15, 0.2) is 28.7 Å². The average molecular weight is 354 g/mol. The van der Waals surface area contributed by atoms with Crippen molar-refractivity contribution < 1.29 is 14.3 Å². The van der Waals surface area contributed by atoms with Gasteiger partial charge in [0.25, 0.3) is 0 Å². The molecule has 0 spiro atoms. The molecule has 1 saturated heterocycles. The van der Waals surface area contributed by atoms with Crippen molar-refractivity contribution in [2.45, 2.75) is 26.2 Å². The normalized spacial score (nSPS) is 18.4. The lowest BCUT2D eigenvalue weighted by Gasteiger charge is -2.31. The second kappa shape index (κ2) is 7.59. The minimum Gasteiger partial charge on any atom is -0.466 e. The third kappa shape index (κ3) is 4.56. The zero-order chi connectivity index (χ0) is 15.2. The SMILES string of the molecule is CCOC(=O)[C@@H]1CCCN(C(=O)Cc2ccc(Br)cc2)C1. The Morgan fingerprint density at radius 2 is 2.05 bits per heavy atom. The molecule has 1 atom stereocenters. The van der Waals surface area contributed by atoms with E-state index in [0.29, 0.717) is 19.6 Å². The summed E-state index contributed by atoms with van der Waals surface area (Å²) in [5.74, 6) is -0.280. The molecule has 1 aromatic carbocycles. The number of rotatable bonds is 4. The van der Waals surface area contributed by atoms with Gasteiger partial charge >= 0.3 is 5.97 Å². The zero-order valence-electron chi connectivity index (χ0n) is 12.2. The Morgan fingerprint density at radius 1 is 1.33 bits per heavy atom. The third-order valence-electron chi connectivity index (χ3n) is 3.66. The number of amides is 1. The number of carbonyl (C=O) groups excluding carboxylic acids is 2. The highest BCUT2D eigenvalue weighted by atomic mass is 79.9. The van der Waals surface area contributed by atoms with Crippen molar-refractivity contribution >= 4 is 27.8 Å². The predicted molar refractivity (Wildman–Crippen MR) is 83.8 cm³/mol. The fourth-order valence-electron chi connectivity index (χ4n) is 2.54. The molecule has 5 heteroatoms. The number of likely N-dealkylation sites (tertiary alicyclic amines) is 1. The molecule has 0 radical (unpaired) electrons. The van der Waals surface area contributed by atoms with Crippen LogP contribution in [0.4, 0.5) is 0 Å². The maximum absolute atomic E-state index is 12.3. The smallest absolute Gasteiger partial charge is 0.310 e. The van der Waals surface area contributed by atoms with Gasteiger partial charge < -0.3 is 9.64 Å². The molecule has 1 aromatic rings. The molecule has 0 saturated carbocycles. The molecule has 21 heavy (non-hydrogen) atoms. The van der Waals surface area contributed by atoms with Crippen molar-refractivity contribution in [2.24, 2.45) is 5.92 Å². The van der Waals surface area contributed by atoms with Crippen molar-refractivity contribution in [2.75, 3.05) is 19.7 Å². The van der Waals surface area contributed by atoms with Crippen molar-refractivity contribution in [1.82, 2.24) is 4.90 Å². The lowest BCUT2D eigenvalue weighted by atomic mass is 9.97. The van der Waals surface area contributed by atoms with Gasteiger partial charge in [0.1, 0.15) is 0 Å². The number of hydrogen-bond donors (Lipinski definition) is 0. The quantitative estimate of drug-likeness (QED) is 0.782. The molecule has 0 N–H and O–H groups in total. The molecule has 0 aliphatic carbocycles. The van der Waals surface area contributed by atoms with E-state index in [-0.39, 0.29) is 17.8 Å². The van der Waals surface area contributed by atoms with Crippen LogP contribution in [0.25, 0.3) is 0 Å². The van der Waals surface area contributed by atoms with Gasteiger partial charge in [0.15, 0.2) is 0 Å². The summed E-state index contributed by atoms with van der Waals surface area (Å²) in [7, 11) is 0. The fourth-order valence-corrected chi connectivity index (χ4v) is 2.81. The first-order chi connectivity index (χ1) is 10.1. The van der Waals surface area contributed by atoms with Crippen molar-refractivity contribution in [3.63, 3.8) is 0 Å². The molecule has 1 aliphatic heterocycles. The summed E-state index contributed by atoms with van der Waals surface area (Å²) >= 11 is 3.38. The van der Waals surface area contributed by atoms with Gasteiger partial charge in [-0.15, -0.1) is 0 Å². The zero-order valence-corrected chi connectivity index (χ0v) is 13.8. The van der Waals surface area contributed by atoms with E-state index in [1.54, 1.807) is 11.8 Å². The van der Waals surface area contributed by atoms with Gasteiger partial charge in [0, 0.05) is 17.6 Å². The van der Waals surface area contributed by atoms with Crippen LogP contribution in [0.2, 0.25) is 0 Å². The summed E-state index contributed by atoms with van der Waals surface area (Å²) in [6.45, 7) is 3.40. The van der Waals surface area contributed by atoms with Gasteiger partial charge in [-0.25, -0.2) is 0 Å². The van der Waals surface area contributed by atoms with Gasteiger partial charge in [-0.3, -0.25) is 9.59 Å². The number of hydrogen-bond acceptors (Lipinski definition) is 3. The summed E-state index contributed by atoms with van der Waals surface area (Å²) in [6.07, 6.45) is 2.04. The molecule has 114 valence electrons. The standard InChI is InChI=1S/C16H20BrNO3/c1-2-21-16(20)13-4-3-9-18(11-13)15(19)10-12-5-7-14(17)8-6-12/h5-8,13H,2-4,9-11H2,1H3/t13-/m1/s1. The van der Waals surface area contributed by atoms with Crippen LogP contribution < -0.4 is 0 Å². The first kappa shape index (κ1) is 16.0. The molecule has 1 fully saturated rings. The van der Waals surface area contributed by atoms with Crippen LogP contribution >= 0.6 is 15.9 Å². The minimum absolute atomic E-state index is 0.0753. The van der Waals surface area contributed by atoms with Gasteiger partial charge in [0.05, 0.1) is 18.9 Å². The van der Waals surface area contributed by atoms with E-state index < -0.39 is 0 Å². The Kier molecular flexibility index (Phi) is 5.79. The van der Waals surface area contributed by atoms with Crippen LogP contribution in [0.1, 0.15) is 25.3 Å². The van der Waals surface area contributed by atoms with Crippen LogP contribution in [0.3, 0.4) is 0 Å². The predicted octanol–water partition coefficient (Wildman–Crippen LogP) is 2.79. The molecule has 1 amide bonds. The highest BCUT2D eigenvalue weighted by Gasteiger charge is 2.29. The minimum atomic E-state index is -0.182. The molecule has 4 nitrogen and oxygen atoms in total. The maximum Gasteiger partial charge on any atom is 0.310 e. The van der Waals surface area contributed by atoms with Gasteiger partial charge in [0.2, 0.25) is 5.91 Å². The first-order valence-electron chi connectivity index (χ1n) is 7.29. The Balaban J connectivity index is 1.92. The van der Waals surface area contributed by atoms with Gasteiger partial charge in [-0.05, 0) is 37.5 Å². The topological polar surface area (TPSA) is 46.6 Å². The summed E-state index contributed by atoms with van der Waals surface area (Å²) < 4.78 is 6.06. The largest absolute Gasteiger partial charge is 0.466 e. The number of carbonyl (C=O) groups is 2. The molecule has 0 bridgehead atoms. The Morgan fingerprint density at radius 3 is 2.71 bits per heavy atom. The lowest BCUT2D eigenvalue weighted by molar-refractivity contribution is -0.151. The third-order valence-corrected chi connectivity index (χ3v) is 4.19. The second-order valence-corrected chi connectivity index (χ2v) is 6.15. The van der Waals surface area contributed by atoms with Crippen molar-refractivity contribution in [3.05, 3.63) is 34.3 Å². The number of piperidine rings is 1. The van der Waals surface area contributed by atoms with E-state index in [0.717, 1.165) is 29.4 Å². The molecule has 1 aliphatic rings. The summed E-state index contributed by atoms with van der Waals surface area (Å²) in [4.78, 5) is 25.9. The van der Waals surface area contributed by atoms with E-state index in [4.69, 9.17) is 4.74 Å². The Labute approximate surface area is 133 Å². The number of esters is 1. The van der Waals surface area contributed by atoms with Gasteiger partial charge in [-0.1, -0.05) is 28.1 Å². The molecule has 1 heterocycles.